The second-order valence-corrected chi connectivity index (χ2v) is 10.1. The normalized spacial score (nSPS) is 13.4. The average molecular weight is 494 g/mol. The summed E-state index contributed by atoms with van der Waals surface area (Å²) >= 11 is 18.0. The van der Waals surface area contributed by atoms with Crippen molar-refractivity contribution >= 4 is 44.8 Å². The average Bonchev–Trinajstić information content (AvgIpc) is 2.72. The van der Waals surface area contributed by atoms with E-state index < -0.39 is 16.1 Å². The molecule has 0 saturated heterocycles. The maximum absolute atomic E-state index is 13.0. The Labute approximate surface area is 197 Å². The number of hydrogen-bond donors (Lipinski definition) is 1. The third-order valence-electron chi connectivity index (χ3n) is 4.94. The summed E-state index contributed by atoms with van der Waals surface area (Å²) in [5, 5.41) is 10.3. The molecular formula is C23H19Cl3N2O2S. The predicted octanol–water partition coefficient (Wildman–Crippen LogP) is 6.21. The number of hydrogen-bond acceptors (Lipinski definition) is 3. The largest absolute Gasteiger partial charge is 0.242 e. The third kappa shape index (κ3) is 6.00. The van der Waals surface area contributed by atoms with Gasteiger partial charge >= 0.3 is 0 Å². The van der Waals surface area contributed by atoms with Gasteiger partial charge in [-0.1, -0.05) is 59.1 Å². The van der Waals surface area contributed by atoms with Crippen LogP contribution in [0.5, 0.6) is 0 Å². The maximum atomic E-state index is 13.0. The number of nitrogens with one attached hydrogen (secondary N) is 1. The van der Waals surface area contributed by atoms with Gasteiger partial charge in [-0.15, -0.1) is 0 Å². The molecule has 0 fully saturated rings. The fourth-order valence-electron chi connectivity index (χ4n) is 3.38. The van der Waals surface area contributed by atoms with Gasteiger partial charge in [0.15, 0.2) is 0 Å². The van der Waals surface area contributed by atoms with Crippen molar-refractivity contribution in [2.75, 3.05) is 0 Å². The van der Waals surface area contributed by atoms with Crippen molar-refractivity contribution in [2.24, 2.45) is 0 Å². The lowest BCUT2D eigenvalue weighted by atomic mass is 9.86. The van der Waals surface area contributed by atoms with Gasteiger partial charge in [-0.2, -0.15) is 5.26 Å². The van der Waals surface area contributed by atoms with Crippen molar-refractivity contribution in [2.45, 2.75) is 30.2 Å². The molecule has 0 amide bonds. The van der Waals surface area contributed by atoms with Crippen LogP contribution in [-0.4, -0.2) is 14.5 Å². The Morgan fingerprint density at radius 1 is 0.968 bits per heavy atom. The first-order chi connectivity index (χ1) is 14.7. The molecule has 2 atom stereocenters. The van der Waals surface area contributed by atoms with Crippen LogP contribution < -0.4 is 4.72 Å². The van der Waals surface area contributed by atoms with E-state index in [0.29, 0.717) is 22.0 Å². The molecule has 1 N–H and O–H groups in total. The summed E-state index contributed by atoms with van der Waals surface area (Å²) in [6.45, 7) is 1.79. The standard InChI is InChI=1S/C23H19Cl3N2O2S/c1-15(28-31(29,30)23-10-9-20(25)13-22(23)26)21(12-16-5-7-19(24)8-6-16)18-4-2-3-17(11-18)14-27/h2-11,13,15,21,28H,12H2,1H3/t15-,21+/m0/s1. The lowest BCUT2D eigenvalue weighted by Crippen LogP contribution is -2.38. The van der Waals surface area contributed by atoms with Crippen LogP contribution in [0.15, 0.2) is 71.6 Å². The van der Waals surface area contributed by atoms with Gasteiger partial charge in [0.2, 0.25) is 10.0 Å². The van der Waals surface area contributed by atoms with Crippen LogP contribution >= 0.6 is 34.8 Å². The quantitative estimate of drug-likeness (QED) is 0.425. The lowest BCUT2D eigenvalue weighted by Gasteiger charge is -2.26. The van der Waals surface area contributed by atoms with E-state index in [0.717, 1.165) is 11.1 Å². The van der Waals surface area contributed by atoms with Gasteiger partial charge in [0.1, 0.15) is 4.90 Å². The topological polar surface area (TPSA) is 70.0 Å². The summed E-state index contributed by atoms with van der Waals surface area (Å²) in [6.07, 6.45) is 0.546. The molecule has 160 valence electrons. The minimum atomic E-state index is -3.90. The fraction of sp³-hybridized carbons (Fsp3) is 0.174. The van der Waals surface area contributed by atoms with E-state index in [9.17, 15) is 13.7 Å². The summed E-state index contributed by atoms with van der Waals surface area (Å²) in [7, 11) is -3.90. The van der Waals surface area contributed by atoms with E-state index >= 15 is 0 Å². The molecular weight excluding hydrogens is 475 g/mol. The maximum Gasteiger partial charge on any atom is 0.242 e. The first-order valence-electron chi connectivity index (χ1n) is 9.41. The van der Waals surface area contributed by atoms with Crippen molar-refractivity contribution in [3.63, 3.8) is 0 Å². The zero-order valence-electron chi connectivity index (χ0n) is 16.5. The summed E-state index contributed by atoms with van der Waals surface area (Å²) < 4.78 is 28.8. The number of nitriles is 1. The molecule has 0 radical (unpaired) electrons. The lowest BCUT2D eigenvalue weighted by molar-refractivity contribution is 0.503. The third-order valence-corrected chi connectivity index (χ3v) is 7.47. The number of benzene rings is 3. The molecule has 3 aromatic rings. The van der Waals surface area contributed by atoms with E-state index in [-0.39, 0.29) is 15.8 Å². The molecule has 0 unspecified atom stereocenters. The molecule has 0 saturated carbocycles. The highest BCUT2D eigenvalue weighted by atomic mass is 35.5. The van der Waals surface area contributed by atoms with Gasteiger partial charge in [-0.3, -0.25) is 0 Å². The molecule has 0 bridgehead atoms. The first kappa shape index (κ1) is 23.6. The van der Waals surface area contributed by atoms with Crippen molar-refractivity contribution in [1.29, 1.82) is 5.26 Å². The molecule has 0 aliphatic carbocycles. The number of rotatable bonds is 7. The van der Waals surface area contributed by atoms with Gasteiger partial charge in [0.25, 0.3) is 0 Å². The highest BCUT2D eigenvalue weighted by Crippen LogP contribution is 2.29. The minimum absolute atomic E-state index is 0.0403. The summed E-state index contributed by atoms with van der Waals surface area (Å²) in [5.74, 6) is -0.240. The Kier molecular flexibility index (Phi) is 7.64. The van der Waals surface area contributed by atoms with Crippen LogP contribution in [0.4, 0.5) is 0 Å². The molecule has 0 spiro atoms. The second kappa shape index (κ2) is 10.0. The van der Waals surface area contributed by atoms with Crippen molar-refractivity contribution < 1.29 is 8.42 Å². The van der Waals surface area contributed by atoms with Crippen molar-refractivity contribution in [3.8, 4) is 6.07 Å². The molecule has 0 aliphatic heterocycles. The van der Waals surface area contributed by atoms with Crippen LogP contribution in [0.3, 0.4) is 0 Å². The molecule has 4 nitrogen and oxygen atoms in total. The number of nitrogens with zero attached hydrogens (tertiary/aromatic N) is 1. The van der Waals surface area contributed by atoms with Crippen LogP contribution in [0, 0.1) is 11.3 Å². The Morgan fingerprint density at radius 2 is 1.65 bits per heavy atom. The highest BCUT2D eigenvalue weighted by molar-refractivity contribution is 7.89. The van der Waals surface area contributed by atoms with Crippen LogP contribution in [-0.2, 0) is 16.4 Å². The zero-order chi connectivity index (χ0) is 22.6. The van der Waals surface area contributed by atoms with Gasteiger partial charge in [-0.05, 0) is 66.9 Å². The van der Waals surface area contributed by atoms with E-state index in [4.69, 9.17) is 34.8 Å². The Morgan fingerprint density at radius 3 is 2.29 bits per heavy atom. The molecule has 0 aromatic heterocycles. The summed E-state index contributed by atoms with van der Waals surface area (Å²) in [6, 6.07) is 20.5. The van der Waals surface area contributed by atoms with Crippen molar-refractivity contribution in [1.82, 2.24) is 4.72 Å². The number of halogens is 3. The highest BCUT2D eigenvalue weighted by Gasteiger charge is 2.27. The molecule has 3 rings (SSSR count). The van der Waals surface area contributed by atoms with E-state index in [2.05, 4.69) is 10.8 Å². The van der Waals surface area contributed by atoms with Crippen molar-refractivity contribution in [3.05, 3.63) is 98.5 Å². The monoisotopic (exact) mass is 492 g/mol. The molecule has 0 heterocycles. The Balaban J connectivity index is 1.95. The molecule has 8 heteroatoms. The predicted molar refractivity (Wildman–Crippen MR) is 125 cm³/mol. The van der Waals surface area contributed by atoms with Crippen LogP contribution in [0.1, 0.15) is 29.5 Å². The molecule has 3 aromatic carbocycles. The fourth-order valence-corrected chi connectivity index (χ4v) is 5.56. The first-order valence-corrected chi connectivity index (χ1v) is 12.0. The van der Waals surface area contributed by atoms with Gasteiger partial charge in [-0.25, -0.2) is 13.1 Å². The van der Waals surface area contributed by atoms with Gasteiger partial charge in [0, 0.05) is 22.0 Å². The van der Waals surface area contributed by atoms with Gasteiger partial charge < -0.3 is 0 Å². The van der Waals surface area contributed by atoms with E-state index in [1.807, 2.05) is 18.2 Å². The van der Waals surface area contributed by atoms with E-state index in [1.165, 1.54) is 18.2 Å². The summed E-state index contributed by atoms with van der Waals surface area (Å²) in [4.78, 5) is -0.0403. The number of sulfonamides is 1. The molecule has 0 aliphatic rings. The second-order valence-electron chi connectivity index (χ2n) is 7.16. The minimum Gasteiger partial charge on any atom is -0.208 e. The Bertz CT molecular complexity index is 1220. The summed E-state index contributed by atoms with van der Waals surface area (Å²) in [5.41, 5.74) is 2.35. The zero-order valence-corrected chi connectivity index (χ0v) is 19.6. The van der Waals surface area contributed by atoms with E-state index in [1.54, 1.807) is 37.3 Å². The Hall–Kier alpha value is -2.07. The SMILES string of the molecule is C[C@H](NS(=O)(=O)c1ccc(Cl)cc1Cl)[C@@H](Cc1ccc(Cl)cc1)c1cccc(C#N)c1. The molecule has 31 heavy (non-hydrogen) atoms. The van der Waals surface area contributed by atoms with Crippen LogP contribution in [0.2, 0.25) is 15.1 Å². The smallest absolute Gasteiger partial charge is 0.208 e. The van der Waals surface area contributed by atoms with Gasteiger partial charge in [0.05, 0.1) is 16.7 Å². The van der Waals surface area contributed by atoms with Crippen LogP contribution in [0.25, 0.3) is 0 Å².